The predicted molar refractivity (Wildman–Crippen MR) is 158 cm³/mol. The minimum absolute atomic E-state index is 0.118. The first-order valence-electron chi connectivity index (χ1n) is 12.7. The van der Waals surface area contributed by atoms with Crippen LogP contribution in [-0.2, 0) is 17.9 Å². The van der Waals surface area contributed by atoms with E-state index in [0.29, 0.717) is 34.8 Å². The van der Waals surface area contributed by atoms with Gasteiger partial charge in [-0.05, 0) is 78.6 Å². The van der Waals surface area contributed by atoms with Gasteiger partial charge in [0.15, 0.2) is 17.8 Å². The number of nitrogens with zero attached hydrogens (tertiary/aromatic N) is 3. The van der Waals surface area contributed by atoms with Crippen LogP contribution in [0.25, 0.3) is 0 Å². The van der Waals surface area contributed by atoms with Crippen molar-refractivity contribution in [1.29, 1.82) is 0 Å². The number of hydrogen-bond acceptors (Lipinski definition) is 5. The van der Waals surface area contributed by atoms with Crippen molar-refractivity contribution < 1.29 is 9.53 Å². The molecule has 0 N–H and O–H groups in total. The first-order chi connectivity index (χ1) is 18.8. The number of carbonyl (C=O) groups excluding carboxylic acids is 1. The summed E-state index contributed by atoms with van der Waals surface area (Å²) >= 11 is 12.6. The fourth-order valence-corrected chi connectivity index (χ4v) is 4.94. The Kier molecular flexibility index (Phi) is 7.92. The number of carbonyl (C=O) groups is 1. The van der Waals surface area contributed by atoms with Crippen molar-refractivity contribution in [3.05, 3.63) is 129 Å². The van der Waals surface area contributed by atoms with Gasteiger partial charge in [0.2, 0.25) is 0 Å². The maximum absolute atomic E-state index is 12.9. The Bertz CT molecular complexity index is 1520. The van der Waals surface area contributed by atoms with Gasteiger partial charge in [0.25, 0.3) is 0 Å². The molecule has 5 rings (SSSR count). The molecule has 0 aromatic heterocycles. The van der Waals surface area contributed by atoms with E-state index in [1.165, 1.54) is 5.56 Å². The molecule has 198 valence electrons. The number of ketones is 1. The summed E-state index contributed by atoms with van der Waals surface area (Å²) < 4.78 is 6.36. The molecule has 1 atom stereocenters. The quantitative estimate of drug-likeness (QED) is 0.219. The molecule has 7 heteroatoms. The SMILES string of the molecule is CC(=O)C1=NN(c2ccc(C)c(C)c2)C(c2cc(Cl)ccc2OCc2ccc(Cl)cc2)N1Cc1ccccc1. The second kappa shape index (κ2) is 11.5. The number of hydrazone groups is 1. The molecule has 1 unspecified atom stereocenters. The fourth-order valence-electron chi connectivity index (χ4n) is 4.64. The van der Waals surface area contributed by atoms with E-state index in [1.807, 2.05) is 88.8 Å². The van der Waals surface area contributed by atoms with Gasteiger partial charge in [0.05, 0.1) is 5.69 Å². The van der Waals surface area contributed by atoms with Crippen LogP contribution in [0.15, 0.2) is 96.1 Å². The second-order valence-electron chi connectivity index (χ2n) is 9.68. The van der Waals surface area contributed by atoms with Crippen LogP contribution in [0.1, 0.15) is 40.9 Å². The van der Waals surface area contributed by atoms with E-state index in [4.69, 9.17) is 33.0 Å². The standard InChI is InChI=1S/C32H29Cl2N3O2/c1-21-9-15-28(17-22(21)2)37-32(36(31(35-37)23(3)38)19-24-7-5-4-6-8-24)29-18-27(34)14-16-30(29)39-20-25-10-12-26(33)13-11-25/h4-18,32H,19-20H2,1-3H3. The summed E-state index contributed by atoms with van der Waals surface area (Å²) in [4.78, 5) is 15.0. The lowest BCUT2D eigenvalue weighted by Crippen LogP contribution is -2.37. The third-order valence-corrected chi connectivity index (χ3v) is 7.31. The average molecular weight is 559 g/mol. The van der Waals surface area contributed by atoms with Gasteiger partial charge in [-0.1, -0.05) is 71.7 Å². The molecule has 4 aromatic carbocycles. The van der Waals surface area contributed by atoms with E-state index in [9.17, 15) is 4.79 Å². The van der Waals surface area contributed by atoms with Crippen LogP contribution in [0.4, 0.5) is 5.69 Å². The first-order valence-corrected chi connectivity index (χ1v) is 13.5. The third-order valence-electron chi connectivity index (χ3n) is 6.82. The van der Waals surface area contributed by atoms with Crippen molar-refractivity contribution in [2.45, 2.75) is 40.1 Å². The minimum atomic E-state index is -0.467. The van der Waals surface area contributed by atoms with Crippen molar-refractivity contribution in [2.75, 3.05) is 5.01 Å². The molecule has 0 fully saturated rings. The Hall–Kier alpha value is -3.80. The van der Waals surface area contributed by atoms with Gasteiger partial charge in [0, 0.05) is 29.1 Å². The number of amidine groups is 1. The molecule has 1 aliphatic rings. The summed E-state index contributed by atoms with van der Waals surface area (Å²) in [6.07, 6.45) is -0.467. The number of benzene rings is 4. The molecule has 0 radical (unpaired) electrons. The molecule has 0 aliphatic carbocycles. The molecule has 1 aliphatic heterocycles. The lowest BCUT2D eigenvalue weighted by molar-refractivity contribution is -0.111. The zero-order valence-electron chi connectivity index (χ0n) is 22.1. The zero-order valence-corrected chi connectivity index (χ0v) is 23.6. The number of aryl methyl sites for hydroxylation is 2. The van der Waals surface area contributed by atoms with Crippen molar-refractivity contribution in [2.24, 2.45) is 5.10 Å². The van der Waals surface area contributed by atoms with Gasteiger partial charge in [-0.2, -0.15) is 0 Å². The normalized spacial score (nSPS) is 14.9. The van der Waals surface area contributed by atoms with Gasteiger partial charge in [-0.25, -0.2) is 5.01 Å². The van der Waals surface area contributed by atoms with E-state index < -0.39 is 6.17 Å². The fraction of sp³-hybridized carbons (Fsp3) is 0.188. The maximum Gasteiger partial charge on any atom is 0.196 e. The summed E-state index contributed by atoms with van der Waals surface area (Å²) in [6, 6.07) is 29.4. The van der Waals surface area contributed by atoms with Crippen LogP contribution in [0.3, 0.4) is 0 Å². The highest BCUT2D eigenvalue weighted by Gasteiger charge is 2.40. The summed E-state index contributed by atoms with van der Waals surface area (Å²) in [5, 5.41) is 8.01. The lowest BCUT2D eigenvalue weighted by Gasteiger charge is -2.33. The molecule has 39 heavy (non-hydrogen) atoms. The summed E-state index contributed by atoms with van der Waals surface area (Å²) in [6.45, 7) is 6.52. The lowest BCUT2D eigenvalue weighted by atomic mass is 10.1. The van der Waals surface area contributed by atoms with Crippen LogP contribution in [0.2, 0.25) is 10.0 Å². The number of rotatable bonds is 8. The molecule has 0 bridgehead atoms. The van der Waals surface area contributed by atoms with E-state index in [2.05, 4.69) is 26.0 Å². The molecule has 4 aromatic rings. The van der Waals surface area contributed by atoms with E-state index in [1.54, 1.807) is 6.92 Å². The minimum Gasteiger partial charge on any atom is -0.488 e. The summed E-state index contributed by atoms with van der Waals surface area (Å²) in [7, 11) is 0. The van der Waals surface area contributed by atoms with Gasteiger partial charge >= 0.3 is 0 Å². The third kappa shape index (κ3) is 5.95. The van der Waals surface area contributed by atoms with Crippen molar-refractivity contribution >= 4 is 40.5 Å². The Balaban J connectivity index is 1.61. The molecular formula is C32H29Cl2N3O2. The molecule has 0 saturated heterocycles. The van der Waals surface area contributed by atoms with Gasteiger partial charge in [0.1, 0.15) is 12.4 Å². The Morgan fingerprint density at radius 2 is 1.56 bits per heavy atom. The Morgan fingerprint density at radius 3 is 2.26 bits per heavy atom. The van der Waals surface area contributed by atoms with Crippen LogP contribution in [0.5, 0.6) is 5.75 Å². The van der Waals surface area contributed by atoms with Crippen LogP contribution < -0.4 is 9.75 Å². The highest BCUT2D eigenvalue weighted by molar-refractivity contribution is 6.38. The zero-order chi connectivity index (χ0) is 27.5. The largest absolute Gasteiger partial charge is 0.488 e. The topological polar surface area (TPSA) is 45.1 Å². The van der Waals surface area contributed by atoms with E-state index >= 15 is 0 Å². The molecule has 0 amide bonds. The Morgan fingerprint density at radius 1 is 0.846 bits per heavy atom. The molecular weight excluding hydrogens is 529 g/mol. The number of hydrogen-bond donors (Lipinski definition) is 0. The van der Waals surface area contributed by atoms with Crippen molar-refractivity contribution in [3.8, 4) is 5.75 Å². The van der Waals surface area contributed by atoms with Gasteiger partial charge < -0.3 is 9.64 Å². The predicted octanol–water partition coefficient (Wildman–Crippen LogP) is 8.11. The molecule has 0 saturated carbocycles. The second-order valence-corrected chi connectivity index (χ2v) is 10.6. The number of anilines is 1. The summed E-state index contributed by atoms with van der Waals surface area (Å²) in [5.41, 5.74) is 6.05. The highest BCUT2D eigenvalue weighted by atomic mass is 35.5. The van der Waals surface area contributed by atoms with E-state index in [0.717, 1.165) is 27.9 Å². The van der Waals surface area contributed by atoms with Gasteiger partial charge in [-0.3, -0.25) is 4.79 Å². The Labute approximate surface area is 239 Å². The molecule has 0 spiro atoms. The number of Topliss-reactive ketones (excluding diaryl/α,β-unsaturated/α-hetero) is 1. The van der Waals surface area contributed by atoms with Crippen LogP contribution in [-0.4, -0.2) is 16.5 Å². The van der Waals surface area contributed by atoms with E-state index in [-0.39, 0.29) is 5.78 Å². The summed E-state index contributed by atoms with van der Waals surface area (Å²) in [5.74, 6) is 0.921. The van der Waals surface area contributed by atoms with Crippen LogP contribution in [0, 0.1) is 13.8 Å². The van der Waals surface area contributed by atoms with Gasteiger partial charge in [-0.15, -0.1) is 5.10 Å². The molecule has 1 heterocycles. The molecule has 5 nitrogen and oxygen atoms in total. The number of ether oxygens (including phenoxy) is 1. The smallest absolute Gasteiger partial charge is 0.196 e. The highest BCUT2D eigenvalue weighted by Crippen LogP contribution is 2.42. The maximum atomic E-state index is 12.9. The first kappa shape index (κ1) is 26.8. The van der Waals surface area contributed by atoms with Crippen LogP contribution >= 0.6 is 23.2 Å². The van der Waals surface area contributed by atoms with Crippen molar-refractivity contribution in [1.82, 2.24) is 4.90 Å². The van der Waals surface area contributed by atoms with Crippen molar-refractivity contribution in [3.63, 3.8) is 0 Å². The monoisotopic (exact) mass is 557 g/mol. The number of halogens is 2. The average Bonchev–Trinajstić information content (AvgIpc) is 3.30.